The van der Waals surface area contributed by atoms with Crippen molar-refractivity contribution in [3.63, 3.8) is 0 Å². The van der Waals surface area contributed by atoms with Crippen LogP contribution < -0.4 is 0 Å². The second kappa shape index (κ2) is 6.21. The van der Waals surface area contributed by atoms with E-state index < -0.39 is 0 Å². The lowest BCUT2D eigenvalue weighted by Crippen LogP contribution is -2.31. The summed E-state index contributed by atoms with van der Waals surface area (Å²) in [5.41, 5.74) is 4.29. The monoisotopic (exact) mass is 321 g/mol. The van der Waals surface area contributed by atoms with Gasteiger partial charge in [-0.2, -0.15) is 0 Å². The summed E-state index contributed by atoms with van der Waals surface area (Å²) >= 11 is 0. The van der Waals surface area contributed by atoms with Crippen molar-refractivity contribution in [2.75, 3.05) is 6.54 Å². The van der Waals surface area contributed by atoms with Gasteiger partial charge in [0.2, 0.25) is 0 Å². The maximum atomic E-state index is 13.9. The van der Waals surface area contributed by atoms with Crippen LogP contribution in [0.1, 0.15) is 17.0 Å². The molecule has 0 aliphatic carbocycles. The fraction of sp³-hybridized carbons (Fsp3) is 0.250. The molecule has 1 aromatic heterocycles. The van der Waals surface area contributed by atoms with E-state index >= 15 is 0 Å². The van der Waals surface area contributed by atoms with Gasteiger partial charge in [0.1, 0.15) is 11.6 Å². The van der Waals surface area contributed by atoms with E-state index in [4.69, 9.17) is 4.98 Å². The maximum Gasteiger partial charge on any atom is 0.140 e. The fourth-order valence-electron chi connectivity index (χ4n) is 3.39. The highest BCUT2D eigenvalue weighted by Gasteiger charge is 2.23. The van der Waals surface area contributed by atoms with Gasteiger partial charge in [-0.1, -0.05) is 48.5 Å². The molecule has 0 unspecified atom stereocenters. The van der Waals surface area contributed by atoms with Gasteiger partial charge in [0.15, 0.2) is 0 Å². The molecule has 0 N–H and O–H groups in total. The summed E-state index contributed by atoms with van der Waals surface area (Å²) in [4.78, 5) is 7.13. The van der Waals surface area contributed by atoms with Gasteiger partial charge in [-0.15, -0.1) is 0 Å². The average molecular weight is 321 g/mol. The predicted octanol–water partition coefficient (Wildman–Crippen LogP) is 3.78. The first-order chi connectivity index (χ1) is 11.7. The second-order valence-electron chi connectivity index (χ2n) is 6.31. The van der Waals surface area contributed by atoms with Gasteiger partial charge in [-0.25, -0.2) is 9.37 Å². The Hall–Kier alpha value is -2.46. The SMILES string of the molecule is Cn1c(-c2ccccc2)nc2c1CN(Cc1ccccc1F)CC2. The molecule has 2 aromatic carbocycles. The molecular formula is C20H20FN3. The fourth-order valence-corrected chi connectivity index (χ4v) is 3.39. The summed E-state index contributed by atoms with van der Waals surface area (Å²) in [5, 5.41) is 0. The molecule has 3 nitrogen and oxygen atoms in total. The molecule has 0 saturated heterocycles. The van der Waals surface area contributed by atoms with Gasteiger partial charge in [0.25, 0.3) is 0 Å². The smallest absolute Gasteiger partial charge is 0.140 e. The van der Waals surface area contributed by atoms with E-state index in [1.165, 1.54) is 17.5 Å². The van der Waals surface area contributed by atoms with Crippen LogP contribution in [0, 0.1) is 5.82 Å². The summed E-state index contributed by atoms with van der Waals surface area (Å²) < 4.78 is 16.1. The van der Waals surface area contributed by atoms with Crippen LogP contribution in [0.5, 0.6) is 0 Å². The van der Waals surface area contributed by atoms with E-state index in [-0.39, 0.29) is 5.82 Å². The lowest BCUT2D eigenvalue weighted by atomic mass is 10.1. The first-order valence-corrected chi connectivity index (χ1v) is 8.28. The van der Waals surface area contributed by atoms with Gasteiger partial charge >= 0.3 is 0 Å². The number of hydrogen-bond donors (Lipinski definition) is 0. The Balaban J connectivity index is 1.59. The Labute approximate surface area is 141 Å². The Morgan fingerprint density at radius 2 is 1.79 bits per heavy atom. The topological polar surface area (TPSA) is 21.1 Å². The van der Waals surface area contributed by atoms with Crippen LogP contribution in [0.25, 0.3) is 11.4 Å². The molecule has 0 fully saturated rings. The Morgan fingerprint density at radius 3 is 2.58 bits per heavy atom. The highest BCUT2D eigenvalue weighted by Crippen LogP contribution is 2.26. The number of rotatable bonds is 3. The molecule has 2 heterocycles. The maximum absolute atomic E-state index is 13.9. The minimum atomic E-state index is -0.127. The first-order valence-electron chi connectivity index (χ1n) is 8.28. The van der Waals surface area contributed by atoms with Crippen LogP contribution in [0.3, 0.4) is 0 Å². The largest absolute Gasteiger partial charge is 0.330 e. The van der Waals surface area contributed by atoms with Crippen molar-refractivity contribution in [3.05, 3.63) is 77.4 Å². The van der Waals surface area contributed by atoms with E-state index in [0.717, 1.165) is 36.5 Å². The lowest BCUT2D eigenvalue weighted by Gasteiger charge is -2.27. The zero-order valence-electron chi connectivity index (χ0n) is 13.7. The minimum absolute atomic E-state index is 0.127. The van der Waals surface area contributed by atoms with Crippen molar-refractivity contribution in [1.29, 1.82) is 0 Å². The first kappa shape index (κ1) is 15.1. The lowest BCUT2D eigenvalue weighted by molar-refractivity contribution is 0.235. The molecule has 0 atom stereocenters. The van der Waals surface area contributed by atoms with Crippen LogP contribution in [-0.4, -0.2) is 21.0 Å². The van der Waals surface area contributed by atoms with E-state index in [1.54, 1.807) is 6.07 Å². The van der Waals surface area contributed by atoms with Gasteiger partial charge in [0, 0.05) is 44.2 Å². The summed E-state index contributed by atoms with van der Waals surface area (Å²) in [6, 6.07) is 17.3. The van der Waals surface area contributed by atoms with Crippen LogP contribution in [-0.2, 0) is 26.6 Å². The molecule has 1 aliphatic rings. The summed E-state index contributed by atoms with van der Waals surface area (Å²) in [6.07, 6.45) is 0.907. The highest BCUT2D eigenvalue weighted by atomic mass is 19.1. The van der Waals surface area contributed by atoms with Crippen molar-refractivity contribution in [2.45, 2.75) is 19.5 Å². The molecular weight excluding hydrogens is 301 g/mol. The molecule has 0 saturated carbocycles. The van der Waals surface area contributed by atoms with Crippen LogP contribution in [0.4, 0.5) is 4.39 Å². The second-order valence-corrected chi connectivity index (χ2v) is 6.31. The summed E-state index contributed by atoms with van der Waals surface area (Å²) in [5.74, 6) is 0.881. The zero-order chi connectivity index (χ0) is 16.5. The number of aromatic nitrogens is 2. The summed E-state index contributed by atoms with van der Waals surface area (Å²) in [6.45, 7) is 2.35. The molecule has 4 rings (SSSR count). The molecule has 0 amide bonds. The standard InChI is InChI=1S/C20H20FN3/c1-23-19-14-24(13-16-9-5-6-10-17(16)21)12-11-18(19)22-20(23)15-7-3-2-4-8-15/h2-10H,11-14H2,1H3. The molecule has 4 heteroatoms. The van der Waals surface area contributed by atoms with Crippen LogP contribution in [0.2, 0.25) is 0 Å². The molecule has 0 radical (unpaired) electrons. The molecule has 122 valence electrons. The number of halogens is 1. The van der Waals surface area contributed by atoms with Crippen molar-refractivity contribution in [3.8, 4) is 11.4 Å². The zero-order valence-corrected chi connectivity index (χ0v) is 13.7. The average Bonchev–Trinajstić information content (AvgIpc) is 2.94. The van der Waals surface area contributed by atoms with Crippen molar-refractivity contribution >= 4 is 0 Å². The summed E-state index contributed by atoms with van der Waals surface area (Å²) in [7, 11) is 2.07. The normalized spacial score (nSPS) is 14.6. The number of imidazole rings is 1. The van der Waals surface area contributed by atoms with E-state index in [1.807, 2.05) is 30.3 Å². The Kier molecular flexibility index (Phi) is 3.90. The van der Waals surface area contributed by atoms with E-state index in [0.29, 0.717) is 6.54 Å². The number of hydrogen-bond acceptors (Lipinski definition) is 2. The number of benzene rings is 2. The Bertz CT molecular complexity index is 855. The van der Waals surface area contributed by atoms with Gasteiger partial charge in [-0.3, -0.25) is 4.90 Å². The molecule has 24 heavy (non-hydrogen) atoms. The van der Waals surface area contributed by atoms with Crippen molar-refractivity contribution in [1.82, 2.24) is 14.5 Å². The Morgan fingerprint density at radius 1 is 1.04 bits per heavy atom. The molecule has 0 spiro atoms. The minimum Gasteiger partial charge on any atom is -0.330 e. The van der Waals surface area contributed by atoms with Crippen LogP contribution >= 0.6 is 0 Å². The van der Waals surface area contributed by atoms with Gasteiger partial charge in [-0.05, 0) is 6.07 Å². The highest BCUT2D eigenvalue weighted by molar-refractivity contribution is 5.56. The third-order valence-electron chi connectivity index (χ3n) is 4.72. The van der Waals surface area contributed by atoms with E-state index in [9.17, 15) is 4.39 Å². The molecule has 3 aromatic rings. The van der Waals surface area contributed by atoms with Crippen molar-refractivity contribution in [2.24, 2.45) is 7.05 Å². The van der Waals surface area contributed by atoms with E-state index in [2.05, 4.69) is 28.6 Å². The quantitative estimate of drug-likeness (QED) is 0.732. The molecule has 0 bridgehead atoms. The third kappa shape index (κ3) is 2.74. The molecule has 1 aliphatic heterocycles. The number of nitrogens with zero attached hydrogens (tertiary/aromatic N) is 3. The number of fused-ring (bicyclic) bond motifs is 1. The van der Waals surface area contributed by atoms with Gasteiger partial charge < -0.3 is 4.57 Å². The predicted molar refractivity (Wildman–Crippen MR) is 92.9 cm³/mol. The van der Waals surface area contributed by atoms with Gasteiger partial charge in [0.05, 0.1) is 11.4 Å². The van der Waals surface area contributed by atoms with Crippen LogP contribution in [0.15, 0.2) is 54.6 Å². The third-order valence-corrected chi connectivity index (χ3v) is 4.72. The van der Waals surface area contributed by atoms with Crippen molar-refractivity contribution < 1.29 is 4.39 Å².